The quantitative estimate of drug-likeness (QED) is 0.880. The molecule has 4 nitrogen and oxygen atoms in total. The van der Waals surface area contributed by atoms with Crippen LogP contribution in [0.3, 0.4) is 0 Å². The Labute approximate surface area is 140 Å². The molecular weight excluding hydrogens is 312 g/mol. The molecule has 1 N–H and O–H groups in total. The minimum Gasteiger partial charge on any atom is -0.484 e. The van der Waals surface area contributed by atoms with Crippen LogP contribution in [0.25, 0.3) is 0 Å². The fourth-order valence-electron chi connectivity index (χ4n) is 2.06. The fraction of sp³-hybridized carbons (Fsp3) is 0.222. The molecule has 0 aliphatic rings. The van der Waals surface area contributed by atoms with Gasteiger partial charge in [-0.3, -0.25) is 4.79 Å². The van der Waals surface area contributed by atoms with Crippen LogP contribution in [0.4, 0.5) is 0 Å². The van der Waals surface area contributed by atoms with Crippen molar-refractivity contribution in [3.63, 3.8) is 0 Å². The first-order valence-electron chi connectivity index (χ1n) is 7.22. The predicted molar refractivity (Wildman–Crippen MR) is 89.3 cm³/mol. The van der Waals surface area contributed by atoms with Gasteiger partial charge in [0.25, 0.3) is 5.91 Å². The van der Waals surface area contributed by atoms with Gasteiger partial charge in [0, 0.05) is 5.02 Å². The molecule has 0 spiro atoms. The van der Waals surface area contributed by atoms with E-state index in [0.29, 0.717) is 17.2 Å². The SMILES string of the molecule is CC(NC(=O)COc1ccc(CC#N)cc1)c1ccc(Cl)cc1. The molecule has 0 heterocycles. The average molecular weight is 329 g/mol. The summed E-state index contributed by atoms with van der Waals surface area (Å²) in [6.07, 6.45) is 0.360. The Bertz CT molecular complexity index is 690. The van der Waals surface area contributed by atoms with Gasteiger partial charge in [-0.25, -0.2) is 0 Å². The minimum absolute atomic E-state index is 0.0600. The van der Waals surface area contributed by atoms with Gasteiger partial charge < -0.3 is 10.1 Å². The monoisotopic (exact) mass is 328 g/mol. The van der Waals surface area contributed by atoms with Crippen LogP contribution in [0.1, 0.15) is 24.1 Å². The van der Waals surface area contributed by atoms with Crippen LogP contribution in [-0.4, -0.2) is 12.5 Å². The molecule has 0 aliphatic heterocycles. The molecule has 0 saturated carbocycles. The van der Waals surface area contributed by atoms with E-state index in [2.05, 4.69) is 11.4 Å². The van der Waals surface area contributed by atoms with E-state index >= 15 is 0 Å². The Balaban J connectivity index is 1.82. The number of rotatable bonds is 6. The topological polar surface area (TPSA) is 62.1 Å². The van der Waals surface area contributed by atoms with Crippen LogP contribution in [-0.2, 0) is 11.2 Å². The molecule has 2 aromatic rings. The second-order valence-electron chi connectivity index (χ2n) is 5.11. The molecule has 1 atom stereocenters. The Morgan fingerprint density at radius 1 is 1.22 bits per heavy atom. The predicted octanol–water partition coefficient (Wildman–Crippen LogP) is 3.66. The molecule has 2 rings (SSSR count). The molecule has 0 aliphatic carbocycles. The van der Waals surface area contributed by atoms with Crippen LogP contribution in [0.5, 0.6) is 5.75 Å². The zero-order valence-corrected chi connectivity index (χ0v) is 13.5. The van der Waals surface area contributed by atoms with Crippen LogP contribution in [0.15, 0.2) is 48.5 Å². The summed E-state index contributed by atoms with van der Waals surface area (Å²) in [4.78, 5) is 11.9. The summed E-state index contributed by atoms with van der Waals surface area (Å²) in [5.74, 6) is 0.398. The van der Waals surface area contributed by atoms with Crippen molar-refractivity contribution in [3.8, 4) is 11.8 Å². The molecule has 5 heteroatoms. The first kappa shape index (κ1) is 16.9. The molecule has 2 aromatic carbocycles. The van der Waals surface area contributed by atoms with E-state index in [9.17, 15) is 4.79 Å². The average Bonchev–Trinajstić information content (AvgIpc) is 2.55. The zero-order chi connectivity index (χ0) is 16.7. The largest absolute Gasteiger partial charge is 0.484 e. The van der Waals surface area contributed by atoms with Gasteiger partial charge >= 0.3 is 0 Å². The summed E-state index contributed by atoms with van der Waals surface area (Å²) < 4.78 is 5.44. The van der Waals surface area contributed by atoms with E-state index in [0.717, 1.165) is 11.1 Å². The minimum atomic E-state index is -0.200. The summed E-state index contributed by atoms with van der Waals surface area (Å²) in [5, 5.41) is 12.1. The molecule has 0 saturated heterocycles. The number of halogens is 1. The second kappa shape index (κ2) is 8.21. The van der Waals surface area contributed by atoms with Crippen molar-refractivity contribution in [3.05, 3.63) is 64.7 Å². The molecule has 1 amide bonds. The van der Waals surface area contributed by atoms with Gasteiger partial charge in [-0.1, -0.05) is 35.9 Å². The van der Waals surface area contributed by atoms with Crippen LogP contribution < -0.4 is 10.1 Å². The van der Waals surface area contributed by atoms with Crippen molar-refractivity contribution in [2.24, 2.45) is 0 Å². The summed E-state index contributed by atoms with van der Waals surface area (Å²) in [5.41, 5.74) is 1.89. The van der Waals surface area contributed by atoms with E-state index < -0.39 is 0 Å². The number of ether oxygens (including phenoxy) is 1. The Morgan fingerprint density at radius 3 is 2.48 bits per heavy atom. The molecule has 0 fully saturated rings. The van der Waals surface area contributed by atoms with Crippen LogP contribution >= 0.6 is 11.6 Å². The normalized spacial score (nSPS) is 11.3. The Kier molecular flexibility index (Phi) is 6.02. The first-order chi connectivity index (χ1) is 11.1. The number of carbonyl (C=O) groups is 1. The second-order valence-corrected chi connectivity index (χ2v) is 5.54. The van der Waals surface area contributed by atoms with Gasteiger partial charge in [0.05, 0.1) is 18.5 Å². The van der Waals surface area contributed by atoms with E-state index in [1.165, 1.54) is 0 Å². The number of carbonyl (C=O) groups excluding carboxylic acids is 1. The number of nitrogens with zero attached hydrogens (tertiary/aromatic N) is 1. The van der Waals surface area contributed by atoms with Gasteiger partial charge in [-0.05, 0) is 42.3 Å². The molecule has 0 bridgehead atoms. The number of hydrogen-bond donors (Lipinski definition) is 1. The van der Waals surface area contributed by atoms with Crippen molar-refractivity contribution in [1.82, 2.24) is 5.32 Å². The third kappa shape index (κ3) is 5.32. The highest BCUT2D eigenvalue weighted by Gasteiger charge is 2.10. The number of hydrogen-bond acceptors (Lipinski definition) is 3. The van der Waals surface area contributed by atoms with Gasteiger partial charge in [-0.15, -0.1) is 0 Å². The lowest BCUT2D eigenvalue weighted by Gasteiger charge is -2.15. The van der Waals surface area contributed by atoms with Crippen LogP contribution in [0, 0.1) is 11.3 Å². The van der Waals surface area contributed by atoms with Crippen molar-refractivity contribution in [2.75, 3.05) is 6.61 Å². The summed E-state index contributed by atoms with van der Waals surface area (Å²) >= 11 is 5.85. The van der Waals surface area contributed by atoms with E-state index in [1.54, 1.807) is 24.3 Å². The maximum Gasteiger partial charge on any atom is 0.258 e. The third-order valence-corrected chi connectivity index (χ3v) is 3.58. The highest BCUT2D eigenvalue weighted by Crippen LogP contribution is 2.16. The lowest BCUT2D eigenvalue weighted by Crippen LogP contribution is -2.31. The molecule has 0 aromatic heterocycles. The van der Waals surface area contributed by atoms with Gasteiger partial charge in [-0.2, -0.15) is 5.26 Å². The molecule has 118 valence electrons. The zero-order valence-electron chi connectivity index (χ0n) is 12.8. The fourth-order valence-corrected chi connectivity index (χ4v) is 2.19. The molecule has 0 radical (unpaired) electrons. The van der Waals surface area contributed by atoms with Gasteiger partial charge in [0.15, 0.2) is 6.61 Å². The molecule has 23 heavy (non-hydrogen) atoms. The van der Waals surface area contributed by atoms with Crippen molar-refractivity contribution < 1.29 is 9.53 Å². The van der Waals surface area contributed by atoms with Gasteiger partial charge in [0.2, 0.25) is 0 Å². The highest BCUT2D eigenvalue weighted by molar-refractivity contribution is 6.30. The van der Waals surface area contributed by atoms with E-state index in [1.807, 2.05) is 31.2 Å². The number of nitriles is 1. The number of nitrogens with one attached hydrogen (secondary N) is 1. The number of benzene rings is 2. The van der Waals surface area contributed by atoms with Gasteiger partial charge in [0.1, 0.15) is 5.75 Å². The Morgan fingerprint density at radius 2 is 1.87 bits per heavy atom. The maximum absolute atomic E-state index is 11.9. The molecular formula is C18H17ClN2O2. The summed E-state index contributed by atoms with van der Waals surface area (Å²) in [6.45, 7) is 1.84. The highest BCUT2D eigenvalue weighted by atomic mass is 35.5. The smallest absolute Gasteiger partial charge is 0.258 e. The number of amides is 1. The van der Waals surface area contributed by atoms with Crippen molar-refractivity contribution in [2.45, 2.75) is 19.4 Å². The van der Waals surface area contributed by atoms with Crippen molar-refractivity contribution >= 4 is 17.5 Å². The summed E-state index contributed by atoms with van der Waals surface area (Å²) in [7, 11) is 0. The summed E-state index contributed by atoms with van der Waals surface area (Å²) in [6, 6.07) is 16.4. The lowest BCUT2D eigenvalue weighted by atomic mass is 10.1. The maximum atomic E-state index is 11.9. The first-order valence-corrected chi connectivity index (χ1v) is 7.60. The van der Waals surface area contributed by atoms with E-state index in [4.69, 9.17) is 21.6 Å². The lowest BCUT2D eigenvalue weighted by molar-refractivity contribution is -0.123. The van der Waals surface area contributed by atoms with Crippen molar-refractivity contribution in [1.29, 1.82) is 5.26 Å². The Hall–Kier alpha value is -2.51. The molecule has 1 unspecified atom stereocenters. The van der Waals surface area contributed by atoms with E-state index in [-0.39, 0.29) is 18.6 Å². The standard InChI is InChI=1S/C18H17ClN2O2/c1-13(15-4-6-16(19)7-5-15)21-18(22)12-23-17-8-2-14(3-9-17)10-11-20/h2-9,13H,10,12H2,1H3,(H,21,22). The van der Waals surface area contributed by atoms with Crippen LogP contribution in [0.2, 0.25) is 5.02 Å². The third-order valence-electron chi connectivity index (χ3n) is 3.32.